The van der Waals surface area contributed by atoms with Gasteiger partial charge in [-0.1, -0.05) is 23.8 Å². The molecule has 0 aliphatic heterocycles. The first-order chi connectivity index (χ1) is 10.6. The van der Waals surface area contributed by atoms with Gasteiger partial charge in [0.05, 0.1) is 7.11 Å². The van der Waals surface area contributed by atoms with Gasteiger partial charge >= 0.3 is 0 Å². The number of rotatable bonds is 5. The van der Waals surface area contributed by atoms with Gasteiger partial charge < -0.3 is 20.9 Å². The van der Waals surface area contributed by atoms with E-state index in [9.17, 15) is 5.11 Å². The number of hydrogen-bond acceptors (Lipinski definition) is 3. The number of aryl methyl sites for hydroxylation is 1. The summed E-state index contributed by atoms with van der Waals surface area (Å²) in [5, 5.41) is 12.6. The fraction of sp³-hybridized carbons (Fsp3) is 0.235. The van der Waals surface area contributed by atoms with E-state index >= 15 is 0 Å². The van der Waals surface area contributed by atoms with Crippen LogP contribution < -0.4 is 15.8 Å². The highest BCUT2D eigenvalue weighted by atomic mass is 16.5. The summed E-state index contributed by atoms with van der Waals surface area (Å²) in [5.74, 6) is 0.983. The Balaban J connectivity index is 1.90. The maximum atomic E-state index is 9.55. The molecule has 0 bridgehead atoms. The van der Waals surface area contributed by atoms with Crippen molar-refractivity contribution in [1.29, 1.82) is 0 Å². The Kier molecular flexibility index (Phi) is 5.25. The molecule has 22 heavy (non-hydrogen) atoms. The molecule has 0 saturated heterocycles. The summed E-state index contributed by atoms with van der Waals surface area (Å²) in [6.07, 6.45) is 0.715. The molecule has 116 valence electrons. The monoisotopic (exact) mass is 299 g/mol. The van der Waals surface area contributed by atoms with Crippen molar-refractivity contribution in [2.45, 2.75) is 13.3 Å². The van der Waals surface area contributed by atoms with E-state index in [-0.39, 0.29) is 5.75 Å². The van der Waals surface area contributed by atoms with Crippen molar-refractivity contribution in [3.05, 3.63) is 53.6 Å². The fourth-order valence-corrected chi connectivity index (χ4v) is 2.01. The number of methoxy groups -OCH3 is 1. The number of anilines is 1. The zero-order valence-electron chi connectivity index (χ0n) is 12.8. The largest absolute Gasteiger partial charge is 0.504 e. The normalized spacial score (nSPS) is 11.3. The zero-order valence-corrected chi connectivity index (χ0v) is 12.8. The van der Waals surface area contributed by atoms with Crippen LogP contribution in [0.3, 0.4) is 0 Å². The second kappa shape index (κ2) is 7.36. The minimum atomic E-state index is 0.135. The summed E-state index contributed by atoms with van der Waals surface area (Å²) < 4.78 is 5.08. The van der Waals surface area contributed by atoms with Crippen LogP contribution in [0.25, 0.3) is 0 Å². The van der Waals surface area contributed by atoms with Gasteiger partial charge in [-0.3, -0.25) is 4.99 Å². The van der Waals surface area contributed by atoms with Crippen LogP contribution in [0.5, 0.6) is 11.5 Å². The van der Waals surface area contributed by atoms with Gasteiger partial charge in [0.2, 0.25) is 0 Å². The summed E-state index contributed by atoms with van der Waals surface area (Å²) in [5.41, 5.74) is 9.00. The highest BCUT2D eigenvalue weighted by Crippen LogP contribution is 2.26. The zero-order chi connectivity index (χ0) is 15.9. The molecule has 0 heterocycles. The number of aromatic hydroxyl groups is 1. The first kappa shape index (κ1) is 15.7. The van der Waals surface area contributed by atoms with Crippen molar-refractivity contribution < 1.29 is 9.84 Å². The van der Waals surface area contributed by atoms with Gasteiger partial charge in [-0.05, 0) is 43.2 Å². The van der Waals surface area contributed by atoms with Crippen LogP contribution >= 0.6 is 0 Å². The Morgan fingerprint density at radius 2 is 1.95 bits per heavy atom. The van der Waals surface area contributed by atoms with Gasteiger partial charge in [-0.15, -0.1) is 0 Å². The van der Waals surface area contributed by atoms with Gasteiger partial charge in [0.25, 0.3) is 0 Å². The van der Waals surface area contributed by atoms with Crippen molar-refractivity contribution in [3.63, 3.8) is 0 Å². The van der Waals surface area contributed by atoms with Crippen LogP contribution in [0.15, 0.2) is 47.5 Å². The predicted octanol–water partition coefficient (Wildman–Crippen LogP) is 2.68. The number of phenolic OH excluding ortho intramolecular Hbond substituents is 1. The van der Waals surface area contributed by atoms with Crippen LogP contribution in [0.2, 0.25) is 0 Å². The van der Waals surface area contributed by atoms with Crippen LogP contribution in [-0.4, -0.2) is 24.7 Å². The lowest BCUT2D eigenvalue weighted by atomic mass is 10.1. The second-order valence-corrected chi connectivity index (χ2v) is 5.01. The molecule has 0 radical (unpaired) electrons. The summed E-state index contributed by atoms with van der Waals surface area (Å²) in [6.45, 7) is 2.59. The molecule has 0 saturated carbocycles. The SMILES string of the molecule is COc1cc(CCN=C(N)Nc2ccc(C)cc2)ccc1O. The molecule has 0 aliphatic carbocycles. The smallest absolute Gasteiger partial charge is 0.193 e. The van der Waals surface area contributed by atoms with E-state index in [4.69, 9.17) is 10.5 Å². The molecule has 0 atom stereocenters. The number of phenols is 1. The van der Waals surface area contributed by atoms with Gasteiger partial charge in [0.15, 0.2) is 17.5 Å². The summed E-state index contributed by atoms with van der Waals surface area (Å²) >= 11 is 0. The molecule has 0 aliphatic rings. The van der Waals surface area contributed by atoms with E-state index in [1.165, 1.54) is 12.7 Å². The highest BCUT2D eigenvalue weighted by molar-refractivity contribution is 5.92. The standard InChI is InChI=1S/C17H21N3O2/c1-12-3-6-14(7-4-12)20-17(18)19-10-9-13-5-8-15(21)16(11-13)22-2/h3-8,11,21H,9-10H2,1-2H3,(H3,18,19,20). The number of benzene rings is 2. The second-order valence-electron chi connectivity index (χ2n) is 5.01. The Morgan fingerprint density at radius 3 is 2.64 bits per heavy atom. The Hall–Kier alpha value is -2.69. The van der Waals surface area contributed by atoms with Crippen molar-refractivity contribution in [1.82, 2.24) is 0 Å². The lowest BCUT2D eigenvalue weighted by molar-refractivity contribution is 0.373. The van der Waals surface area contributed by atoms with Crippen molar-refractivity contribution in [2.24, 2.45) is 10.7 Å². The topological polar surface area (TPSA) is 79.9 Å². The van der Waals surface area contributed by atoms with Gasteiger partial charge in [-0.25, -0.2) is 0 Å². The van der Waals surface area contributed by atoms with E-state index in [2.05, 4.69) is 10.3 Å². The number of hydrogen-bond donors (Lipinski definition) is 3. The number of nitrogens with two attached hydrogens (primary N) is 1. The molecular weight excluding hydrogens is 278 g/mol. The molecule has 0 amide bonds. The molecule has 5 heteroatoms. The first-order valence-corrected chi connectivity index (χ1v) is 7.08. The number of ether oxygens (including phenoxy) is 1. The van der Waals surface area contributed by atoms with Crippen molar-refractivity contribution in [2.75, 3.05) is 19.0 Å². The van der Waals surface area contributed by atoms with E-state index in [0.717, 1.165) is 11.3 Å². The Labute approximate surface area is 130 Å². The third-order valence-electron chi connectivity index (χ3n) is 3.25. The van der Waals surface area contributed by atoms with Crippen LogP contribution in [0, 0.1) is 6.92 Å². The number of guanidine groups is 1. The molecule has 0 fully saturated rings. The van der Waals surface area contributed by atoms with E-state index in [0.29, 0.717) is 24.7 Å². The molecule has 0 spiro atoms. The molecular formula is C17H21N3O2. The maximum Gasteiger partial charge on any atom is 0.193 e. The first-order valence-electron chi connectivity index (χ1n) is 7.08. The van der Waals surface area contributed by atoms with Crippen LogP contribution in [0.4, 0.5) is 5.69 Å². The quantitative estimate of drug-likeness (QED) is 0.586. The molecule has 4 N–H and O–H groups in total. The number of nitrogens with zero attached hydrogens (tertiary/aromatic N) is 1. The summed E-state index contributed by atoms with van der Waals surface area (Å²) in [7, 11) is 1.53. The highest BCUT2D eigenvalue weighted by Gasteiger charge is 2.02. The van der Waals surface area contributed by atoms with E-state index < -0.39 is 0 Å². The van der Waals surface area contributed by atoms with E-state index in [1.54, 1.807) is 12.1 Å². The maximum absolute atomic E-state index is 9.55. The third-order valence-corrected chi connectivity index (χ3v) is 3.25. The predicted molar refractivity (Wildman–Crippen MR) is 89.7 cm³/mol. The lowest BCUT2D eigenvalue weighted by Gasteiger charge is -2.07. The molecule has 2 rings (SSSR count). The number of aliphatic imine (C=N–C) groups is 1. The van der Waals surface area contributed by atoms with Crippen molar-refractivity contribution in [3.8, 4) is 11.5 Å². The molecule has 0 aromatic heterocycles. The molecule has 0 unspecified atom stereocenters. The average Bonchev–Trinajstić information content (AvgIpc) is 2.51. The summed E-state index contributed by atoms with van der Waals surface area (Å²) in [4.78, 5) is 4.30. The summed E-state index contributed by atoms with van der Waals surface area (Å²) in [6, 6.07) is 13.2. The van der Waals surface area contributed by atoms with Gasteiger partial charge in [-0.2, -0.15) is 0 Å². The Bertz CT molecular complexity index is 651. The molecule has 5 nitrogen and oxygen atoms in total. The molecule has 2 aromatic rings. The number of nitrogens with one attached hydrogen (secondary N) is 1. The molecule has 2 aromatic carbocycles. The van der Waals surface area contributed by atoms with Gasteiger partial charge in [0.1, 0.15) is 0 Å². The fourth-order valence-electron chi connectivity index (χ4n) is 2.01. The Morgan fingerprint density at radius 1 is 1.23 bits per heavy atom. The van der Waals surface area contributed by atoms with Crippen LogP contribution in [0.1, 0.15) is 11.1 Å². The van der Waals surface area contributed by atoms with Gasteiger partial charge in [0, 0.05) is 12.2 Å². The third kappa shape index (κ3) is 4.41. The van der Waals surface area contributed by atoms with Crippen LogP contribution in [-0.2, 0) is 6.42 Å². The van der Waals surface area contributed by atoms with Crippen molar-refractivity contribution >= 4 is 11.6 Å². The average molecular weight is 299 g/mol. The van der Waals surface area contributed by atoms with E-state index in [1.807, 2.05) is 37.3 Å². The lowest BCUT2D eigenvalue weighted by Crippen LogP contribution is -2.23. The minimum Gasteiger partial charge on any atom is -0.504 e. The minimum absolute atomic E-state index is 0.135.